The Hall–Kier alpha value is -1.30. The maximum absolute atomic E-state index is 11.7. The highest BCUT2D eigenvalue weighted by Gasteiger charge is 2.18. The summed E-state index contributed by atoms with van der Waals surface area (Å²) < 4.78 is 5.38. The second-order valence-corrected chi connectivity index (χ2v) is 5.10. The molecule has 0 aliphatic heterocycles. The quantitative estimate of drug-likeness (QED) is 0.322. The van der Waals surface area contributed by atoms with Gasteiger partial charge in [0, 0.05) is 19.5 Å². The molecule has 17 heavy (non-hydrogen) atoms. The molecule has 3 N–H and O–H groups in total. The fourth-order valence-electron chi connectivity index (χ4n) is 1.09. The number of oxime groups is 1. The summed E-state index contributed by atoms with van der Waals surface area (Å²) in [5, 5.41) is 11.4. The Morgan fingerprint density at radius 3 is 2.47 bits per heavy atom. The summed E-state index contributed by atoms with van der Waals surface area (Å²) in [6.45, 7) is 7.87. The number of nitrogens with zero attached hydrogens (tertiary/aromatic N) is 2. The molecule has 1 atom stereocenters. The average Bonchev–Trinajstić information content (AvgIpc) is 2.23. The van der Waals surface area contributed by atoms with Crippen molar-refractivity contribution >= 4 is 11.7 Å². The van der Waals surface area contributed by atoms with E-state index in [4.69, 9.17) is 15.7 Å². The van der Waals surface area contributed by atoms with E-state index < -0.39 is 0 Å². The first-order valence-electron chi connectivity index (χ1n) is 5.52. The fourth-order valence-corrected chi connectivity index (χ4v) is 1.09. The number of likely N-dealkylation sites (N-methyl/N-ethyl adjacent to an activating group) is 1. The molecule has 0 heterocycles. The van der Waals surface area contributed by atoms with Crippen LogP contribution in [0.1, 0.15) is 27.7 Å². The Morgan fingerprint density at radius 1 is 1.53 bits per heavy atom. The largest absolute Gasteiger partial charge is 0.409 e. The predicted molar refractivity (Wildman–Crippen MR) is 65.9 cm³/mol. The summed E-state index contributed by atoms with van der Waals surface area (Å²) in [5.41, 5.74) is 5.10. The van der Waals surface area contributed by atoms with Crippen LogP contribution in [0, 0.1) is 5.92 Å². The topological polar surface area (TPSA) is 88.2 Å². The molecule has 0 rings (SSSR count). The highest BCUT2D eigenvalue weighted by atomic mass is 16.5. The van der Waals surface area contributed by atoms with Gasteiger partial charge in [-0.2, -0.15) is 0 Å². The van der Waals surface area contributed by atoms with Crippen molar-refractivity contribution in [2.24, 2.45) is 16.8 Å². The van der Waals surface area contributed by atoms with Gasteiger partial charge in [0.05, 0.1) is 5.60 Å². The number of rotatable bonds is 5. The summed E-state index contributed by atoms with van der Waals surface area (Å²) in [5.74, 6) is -0.206. The van der Waals surface area contributed by atoms with Crippen LogP contribution >= 0.6 is 0 Å². The molecular weight excluding hydrogens is 222 g/mol. The van der Waals surface area contributed by atoms with Gasteiger partial charge >= 0.3 is 0 Å². The van der Waals surface area contributed by atoms with E-state index in [0.717, 1.165) is 0 Å². The molecule has 0 spiro atoms. The lowest BCUT2D eigenvalue weighted by molar-refractivity contribution is -0.139. The smallest absolute Gasteiger partial charge is 0.248 e. The molecule has 6 heteroatoms. The van der Waals surface area contributed by atoms with Gasteiger partial charge in [-0.1, -0.05) is 12.1 Å². The summed E-state index contributed by atoms with van der Waals surface area (Å²) in [7, 11) is 1.66. The zero-order valence-electron chi connectivity index (χ0n) is 11.2. The summed E-state index contributed by atoms with van der Waals surface area (Å²) in [4.78, 5) is 13.2. The lowest BCUT2D eigenvalue weighted by Crippen LogP contribution is -2.39. The Bertz CT molecular complexity index is 284. The molecule has 0 radical (unpaired) electrons. The molecule has 0 saturated carbocycles. The van der Waals surface area contributed by atoms with E-state index in [1.807, 2.05) is 20.8 Å². The lowest BCUT2D eigenvalue weighted by Gasteiger charge is -2.24. The van der Waals surface area contributed by atoms with Crippen molar-refractivity contribution in [1.82, 2.24) is 4.90 Å². The number of hydrogen-bond donors (Lipinski definition) is 2. The monoisotopic (exact) mass is 245 g/mol. The van der Waals surface area contributed by atoms with E-state index in [0.29, 0.717) is 6.54 Å². The summed E-state index contributed by atoms with van der Waals surface area (Å²) in [6, 6.07) is 0. The minimum absolute atomic E-state index is 0.0306. The van der Waals surface area contributed by atoms with E-state index in [9.17, 15) is 4.79 Å². The zero-order valence-corrected chi connectivity index (χ0v) is 11.2. The maximum atomic E-state index is 11.7. The Labute approximate surface area is 102 Å². The molecule has 1 unspecified atom stereocenters. The summed E-state index contributed by atoms with van der Waals surface area (Å²) in [6.07, 6.45) is 0. The van der Waals surface area contributed by atoms with Gasteiger partial charge in [0.1, 0.15) is 12.4 Å². The number of amides is 1. The van der Waals surface area contributed by atoms with Crippen LogP contribution in [-0.2, 0) is 9.53 Å². The average molecular weight is 245 g/mol. The standard InChI is InChI=1S/C11H23N3O3/c1-8(10(12)13-16)6-14(5)9(15)7-17-11(2,3)4/h8,16H,6-7H2,1-5H3,(H2,12,13). The predicted octanol–water partition coefficient (Wildman–Crippen LogP) is 0.642. The van der Waals surface area contributed by atoms with Crippen molar-refractivity contribution < 1.29 is 14.7 Å². The first-order chi connectivity index (χ1) is 7.67. The molecule has 1 amide bonds. The third-order valence-corrected chi connectivity index (χ3v) is 2.22. The molecule has 0 aliphatic carbocycles. The third kappa shape index (κ3) is 6.78. The van der Waals surface area contributed by atoms with Gasteiger partial charge < -0.3 is 20.6 Å². The van der Waals surface area contributed by atoms with Gasteiger partial charge in [0.15, 0.2) is 0 Å². The summed E-state index contributed by atoms with van der Waals surface area (Å²) >= 11 is 0. The minimum Gasteiger partial charge on any atom is -0.409 e. The Kier molecular flexibility index (Phi) is 5.95. The number of hydrogen-bond acceptors (Lipinski definition) is 4. The van der Waals surface area contributed by atoms with Gasteiger partial charge in [-0.05, 0) is 20.8 Å². The van der Waals surface area contributed by atoms with E-state index >= 15 is 0 Å². The van der Waals surface area contributed by atoms with Crippen molar-refractivity contribution in [2.75, 3.05) is 20.2 Å². The van der Waals surface area contributed by atoms with Crippen molar-refractivity contribution in [1.29, 1.82) is 0 Å². The SMILES string of the molecule is CC(CN(C)C(=O)COC(C)(C)C)C(N)=NO. The highest BCUT2D eigenvalue weighted by molar-refractivity contribution is 5.83. The minimum atomic E-state index is -0.340. The Morgan fingerprint density at radius 2 is 2.06 bits per heavy atom. The number of carbonyl (C=O) groups excluding carboxylic acids is 1. The highest BCUT2D eigenvalue weighted by Crippen LogP contribution is 2.07. The molecule has 6 nitrogen and oxygen atoms in total. The molecule has 0 aromatic rings. The van der Waals surface area contributed by atoms with Crippen LogP contribution in [0.2, 0.25) is 0 Å². The second-order valence-electron chi connectivity index (χ2n) is 5.10. The first kappa shape index (κ1) is 15.7. The van der Waals surface area contributed by atoms with E-state index in [1.54, 1.807) is 14.0 Å². The number of carbonyl (C=O) groups is 1. The van der Waals surface area contributed by atoms with Crippen LogP contribution in [0.3, 0.4) is 0 Å². The van der Waals surface area contributed by atoms with Gasteiger partial charge in [-0.25, -0.2) is 0 Å². The Balaban J connectivity index is 4.15. The van der Waals surface area contributed by atoms with E-state index in [2.05, 4.69) is 5.16 Å². The third-order valence-electron chi connectivity index (χ3n) is 2.22. The number of amidine groups is 1. The van der Waals surface area contributed by atoms with Gasteiger partial charge in [0.2, 0.25) is 5.91 Å². The van der Waals surface area contributed by atoms with Crippen LogP contribution in [0.15, 0.2) is 5.16 Å². The van der Waals surface area contributed by atoms with Crippen molar-refractivity contribution in [3.05, 3.63) is 0 Å². The number of nitrogens with two attached hydrogens (primary N) is 1. The van der Waals surface area contributed by atoms with E-state index in [1.165, 1.54) is 4.90 Å². The molecular formula is C11H23N3O3. The van der Waals surface area contributed by atoms with Gasteiger partial charge in [-0.3, -0.25) is 4.79 Å². The van der Waals surface area contributed by atoms with Gasteiger partial charge in [0.25, 0.3) is 0 Å². The second kappa shape index (κ2) is 6.44. The van der Waals surface area contributed by atoms with Gasteiger partial charge in [-0.15, -0.1) is 0 Å². The van der Waals surface area contributed by atoms with Crippen LogP contribution in [-0.4, -0.2) is 47.7 Å². The molecule has 0 aromatic heterocycles. The van der Waals surface area contributed by atoms with Crippen molar-refractivity contribution in [3.8, 4) is 0 Å². The molecule has 100 valence electrons. The lowest BCUT2D eigenvalue weighted by atomic mass is 10.1. The van der Waals surface area contributed by atoms with Crippen LogP contribution in [0.4, 0.5) is 0 Å². The molecule has 0 aliphatic rings. The van der Waals surface area contributed by atoms with Crippen molar-refractivity contribution in [2.45, 2.75) is 33.3 Å². The van der Waals surface area contributed by atoms with Crippen LogP contribution in [0.25, 0.3) is 0 Å². The van der Waals surface area contributed by atoms with E-state index in [-0.39, 0.29) is 29.9 Å². The molecule has 0 fully saturated rings. The number of ether oxygens (including phenoxy) is 1. The van der Waals surface area contributed by atoms with Crippen LogP contribution < -0.4 is 5.73 Å². The fraction of sp³-hybridized carbons (Fsp3) is 0.818. The molecule has 0 bridgehead atoms. The van der Waals surface area contributed by atoms with Crippen LogP contribution in [0.5, 0.6) is 0 Å². The zero-order chi connectivity index (χ0) is 13.6. The molecule has 0 aromatic carbocycles. The van der Waals surface area contributed by atoms with Crippen molar-refractivity contribution in [3.63, 3.8) is 0 Å². The maximum Gasteiger partial charge on any atom is 0.248 e. The molecule has 0 saturated heterocycles. The normalized spacial score (nSPS) is 14.5. The first-order valence-corrected chi connectivity index (χ1v) is 5.52.